The lowest BCUT2D eigenvalue weighted by Crippen LogP contribution is -2.27. The van der Waals surface area contributed by atoms with Gasteiger partial charge in [0.15, 0.2) is 6.10 Å². The Bertz CT molecular complexity index is 531. The molecule has 17 heavy (non-hydrogen) atoms. The van der Waals surface area contributed by atoms with Crippen LogP contribution in [0.3, 0.4) is 0 Å². The van der Waals surface area contributed by atoms with Crippen LogP contribution in [0.5, 0.6) is 0 Å². The number of nitrogens with one attached hydrogen (secondary N) is 1. The van der Waals surface area contributed by atoms with Crippen molar-refractivity contribution in [2.24, 2.45) is 0 Å². The second-order valence-electron chi connectivity index (χ2n) is 3.80. The van der Waals surface area contributed by atoms with Gasteiger partial charge in [0.05, 0.1) is 0 Å². The van der Waals surface area contributed by atoms with Crippen LogP contribution in [0.25, 0.3) is 10.8 Å². The number of fused-ring (bicyclic) bond motifs is 1. The zero-order chi connectivity index (χ0) is 12.3. The maximum absolute atomic E-state index is 11.8. The van der Waals surface area contributed by atoms with Gasteiger partial charge >= 0.3 is 0 Å². The Morgan fingerprint density at radius 2 is 1.88 bits per heavy atom. The molecule has 0 saturated carbocycles. The molecule has 0 aliphatic heterocycles. The van der Waals surface area contributed by atoms with E-state index in [2.05, 4.69) is 5.32 Å². The predicted molar refractivity (Wildman–Crippen MR) is 67.8 cm³/mol. The van der Waals surface area contributed by atoms with Crippen molar-refractivity contribution in [1.29, 1.82) is 0 Å². The largest absolute Gasteiger partial charge is 0.367 e. The van der Waals surface area contributed by atoms with Crippen molar-refractivity contribution in [2.75, 3.05) is 14.2 Å². The van der Waals surface area contributed by atoms with Crippen LogP contribution in [0.15, 0.2) is 42.5 Å². The number of ether oxygens (including phenoxy) is 1. The lowest BCUT2D eigenvalue weighted by Gasteiger charge is -2.16. The van der Waals surface area contributed by atoms with Gasteiger partial charge < -0.3 is 10.1 Å². The molecule has 0 aliphatic carbocycles. The van der Waals surface area contributed by atoms with Gasteiger partial charge in [-0.15, -0.1) is 0 Å². The van der Waals surface area contributed by atoms with Crippen molar-refractivity contribution in [3.63, 3.8) is 0 Å². The van der Waals surface area contributed by atoms with Crippen LogP contribution in [0, 0.1) is 0 Å². The Kier molecular flexibility index (Phi) is 3.40. The highest BCUT2D eigenvalue weighted by atomic mass is 16.5. The van der Waals surface area contributed by atoms with Gasteiger partial charge in [0, 0.05) is 14.2 Å². The summed E-state index contributed by atoms with van der Waals surface area (Å²) in [5.74, 6) is -0.135. The number of rotatable bonds is 3. The first-order chi connectivity index (χ1) is 8.27. The first kappa shape index (κ1) is 11.6. The fourth-order valence-corrected chi connectivity index (χ4v) is 1.99. The highest BCUT2D eigenvalue weighted by Gasteiger charge is 2.20. The second kappa shape index (κ2) is 4.97. The van der Waals surface area contributed by atoms with Crippen molar-refractivity contribution in [1.82, 2.24) is 5.32 Å². The van der Waals surface area contributed by atoms with E-state index in [1.165, 1.54) is 0 Å². The topological polar surface area (TPSA) is 38.3 Å². The summed E-state index contributed by atoms with van der Waals surface area (Å²) in [6.45, 7) is 0. The van der Waals surface area contributed by atoms with Crippen LogP contribution < -0.4 is 5.32 Å². The molecular weight excluding hydrogens is 214 g/mol. The van der Waals surface area contributed by atoms with E-state index < -0.39 is 6.10 Å². The third-order valence-electron chi connectivity index (χ3n) is 2.83. The van der Waals surface area contributed by atoms with Gasteiger partial charge in [0.2, 0.25) is 0 Å². The zero-order valence-electron chi connectivity index (χ0n) is 9.94. The van der Waals surface area contributed by atoms with E-state index in [0.717, 1.165) is 16.3 Å². The van der Waals surface area contributed by atoms with E-state index in [-0.39, 0.29) is 5.91 Å². The average Bonchev–Trinajstić information content (AvgIpc) is 2.39. The summed E-state index contributed by atoms with van der Waals surface area (Å²) >= 11 is 0. The standard InChI is InChI=1S/C14H15NO2/c1-15-14(16)13(17-2)12-9-5-7-10-6-3-4-8-11(10)12/h3-9,13H,1-2H3,(H,15,16). The zero-order valence-corrected chi connectivity index (χ0v) is 9.94. The highest BCUT2D eigenvalue weighted by Crippen LogP contribution is 2.26. The second-order valence-corrected chi connectivity index (χ2v) is 3.80. The third-order valence-corrected chi connectivity index (χ3v) is 2.83. The smallest absolute Gasteiger partial charge is 0.253 e. The highest BCUT2D eigenvalue weighted by molar-refractivity contribution is 5.92. The molecule has 1 unspecified atom stereocenters. The monoisotopic (exact) mass is 229 g/mol. The van der Waals surface area contributed by atoms with Gasteiger partial charge in [0.25, 0.3) is 5.91 Å². The number of carbonyl (C=O) groups excluding carboxylic acids is 1. The molecule has 0 fully saturated rings. The Morgan fingerprint density at radius 1 is 1.18 bits per heavy atom. The lowest BCUT2D eigenvalue weighted by molar-refractivity contribution is -0.130. The summed E-state index contributed by atoms with van der Waals surface area (Å²) < 4.78 is 5.29. The number of hydrogen-bond acceptors (Lipinski definition) is 2. The summed E-state index contributed by atoms with van der Waals surface area (Å²) in [6.07, 6.45) is -0.564. The molecule has 1 atom stereocenters. The number of benzene rings is 2. The van der Waals surface area contributed by atoms with Gasteiger partial charge in [-0.25, -0.2) is 0 Å². The number of carbonyl (C=O) groups is 1. The molecule has 0 spiro atoms. The molecule has 0 aromatic heterocycles. The van der Waals surface area contributed by atoms with Crippen molar-refractivity contribution >= 4 is 16.7 Å². The molecule has 2 aromatic carbocycles. The molecular formula is C14H15NO2. The fourth-order valence-electron chi connectivity index (χ4n) is 1.99. The first-order valence-corrected chi connectivity index (χ1v) is 5.50. The predicted octanol–water partition coefficient (Wildman–Crippen LogP) is 2.27. The summed E-state index contributed by atoms with van der Waals surface area (Å²) in [7, 11) is 3.15. The summed E-state index contributed by atoms with van der Waals surface area (Å²) in [4.78, 5) is 11.8. The van der Waals surface area contributed by atoms with Crippen molar-refractivity contribution in [3.8, 4) is 0 Å². The van der Waals surface area contributed by atoms with Gasteiger partial charge in [-0.05, 0) is 16.3 Å². The SMILES string of the molecule is CNC(=O)C(OC)c1cccc2ccccc12. The van der Waals surface area contributed by atoms with Crippen LogP contribution in [0.2, 0.25) is 0 Å². The lowest BCUT2D eigenvalue weighted by atomic mass is 10.00. The Morgan fingerprint density at radius 3 is 2.59 bits per heavy atom. The summed E-state index contributed by atoms with van der Waals surface area (Å²) in [5, 5.41) is 4.77. The van der Waals surface area contributed by atoms with Crippen molar-refractivity contribution in [3.05, 3.63) is 48.0 Å². The fraction of sp³-hybridized carbons (Fsp3) is 0.214. The quantitative estimate of drug-likeness (QED) is 0.876. The summed E-state index contributed by atoms with van der Waals surface area (Å²) in [6, 6.07) is 13.8. The van der Waals surface area contributed by atoms with Crippen LogP contribution in [0.4, 0.5) is 0 Å². The van der Waals surface area contributed by atoms with E-state index in [1.807, 2.05) is 42.5 Å². The molecule has 0 bridgehead atoms. The Labute approximate surface area is 100 Å². The van der Waals surface area contributed by atoms with E-state index >= 15 is 0 Å². The maximum atomic E-state index is 11.8. The number of likely N-dealkylation sites (N-methyl/N-ethyl adjacent to an activating group) is 1. The molecule has 88 valence electrons. The molecule has 3 heteroatoms. The van der Waals surface area contributed by atoms with Crippen LogP contribution in [-0.4, -0.2) is 20.1 Å². The molecule has 0 saturated heterocycles. The minimum absolute atomic E-state index is 0.135. The van der Waals surface area contributed by atoms with Crippen molar-refractivity contribution in [2.45, 2.75) is 6.10 Å². The van der Waals surface area contributed by atoms with E-state index in [0.29, 0.717) is 0 Å². The van der Waals surface area contributed by atoms with Gasteiger partial charge in [-0.1, -0.05) is 42.5 Å². The molecule has 2 rings (SSSR count). The number of hydrogen-bond donors (Lipinski definition) is 1. The molecule has 1 amide bonds. The van der Waals surface area contributed by atoms with Gasteiger partial charge in [-0.3, -0.25) is 4.79 Å². The number of methoxy groups -OCH3 is 1. The van der Waals surface area contributed by atoms with Crippen LogP contribution in [0.1, 0.15) is 11.7 Å². The van der Waals surface area contributed by atoms with Crippen molar-refractivity contribution < 1.29 is 9.53 Å². The Hall–Kier alpha value is -1.87. The normalized spacial score (nSPS) is 12.4. The Balaban J connectivity index is 2.57. The third kappa shape index (κ3) is 2.15. The molecule has 2 aromatic rings. The van der Waals surface area contributed by atoms with Crippen LogP contribution >= 0.6 is 0 Å². The minimum atomic E-state index is -0.564. The van der Waals surface area contributed by atoms with Crippen LogP contribution in [-0.2, 0) is 9.53 Å². The van der Waals surface area contributed by atoms with E-state index in [1.54, 1.807) is 14.2 Å². The molecule has 3 nitrogen and oxygen atoms in total. The van der Waals surface area contributed by atoms with Gasteiger partial charge in [0.1, 0.15) is 0 Å². The molecule has 0 radical (unpaired) electrons. The summed E-state index contributed by atoms with van der Waals surface area (Å²) in [5.41, 5.74) is 0.893. The molecule has 0 aliphatic rings. The van der Waals surface area contributed by atoms with E-state index in [9.17, 15) is 4.79 Å². The average molecular weight is 229 g/mol. The minimum Gasteiger partial charge on any atom is -0.367 e. The number of amides is 1. The maximum Gasteiger partial charge on any atom is 0.253 e. The molecule has 0 heterocycles. The van der Waals surface area contributed by atoms with Gasteiger partial charge in [-0.2, -0.15) is 0 Å². The van der Waals surface area contributed by atoms with E-state index in [4.69, 9.17) is 4.74 Å². The molecule has 1 N–H and O–H groups in total. The first-order valence-electron chi connectivity index (χ1n) is 5.50.